The van der Waals surface area contributed by atoms with E-state index in [-0.39, 0.29) is 6.04 Å². The number of methoxy groups -OCH3 is 1. The Labute approximate surface area is 95.5 Å². The van der Waals surface area contributed by atoms with Gasteiger partial charge in [-0.1, -0.05) is 0 Å². The van der Waals surface area contributed by atoms with Crippen LogP contribution in [0.15, 0.2) is 24.0 Å². The summed E-state index contributed by atoms with van der Waals surface area (Å²) in [6.07, 6.45) is 5.69. The molecule has 1 aliphatic rings. The smallest absolute Gasteiger partial charge is 0.137 e. The van der Waals surface area contributed by atoms with Crippen LogP contribution in [0.25, 0.3) is 6.08 Å². The van der Waals surface area contributed by atoms with Gasteiger partial charge in [-0.15, -0.1) is 0 Å². The highest BCUT2D eigenvalue weighted by molar-refractivity contribution is 5.49. The minimum atomic E-state index is 0.269. The van der Waals surface area contributed by atoms with Gasteiger partial charge in [0, 0.05) is 24.7 Å². The molecule has 2 rings (SSSR count). The van der Waals surface area contributed by atoms with Crippen molar-refractivity contribution in [1.29, 1.82) is 0 Å². The Kier molecular flexibility index (Phi) is 3.41. The first kappa shape index (κ1) is 11.0. The molecule has 0 radical (unpaired) electrons. The fourth-order valence-corrected chi connectivity index (χ4v) is 1.76. The first-order valence-electron chi connectivity index (χ1n) is 5.48. The maximum atomic E-state index is 5.90. The van der Waals surface area contributed by atoms with Gasteiger partial charge in [0.25, 0.3) is 0 Å². The first-order valence-corrected chi connectivity index (χ1v) is 5.48. The highest BCUT2D eigenvalue weighted by Gasteiger charge is 2.11. The summed E-state index contributed by atoms with van der Waals surface area (Å²) in [7, 11) is 1.64. The van der Waals surface area contributed by atoms with Crippen LogP contribution in [-0.4, -0.2) is 24.7 Å². The average molecular weight is 219 g/mol. The highest BCUT2D eigenvalue weighted by Crippen LogP contribution is 2.14. The molecule has 16 heavy (non-hydrogen) atoms. The van der Waals surface area contributed by atoms with E-state index < -0.39 is 0 Å². The van der Waals surface area contributed by atoms with E-state index in [0.717, 1.165) is 36.5 Å². The molecule has 1 fully saturated rings. The van der Waals surface area contributed by atoms with Crippen molar-refractivity contribution in [1.82, 2.24) is 10.3 Å². The fourth-order valence-electron chi connectivity index (χ4n) is 1.76. The molecule has 0 amide bonds. The Bertz CT molecular complexity index is 372. The molecule has 0 spiro atoms. The second-order valence-corrected chi connectivity index (χ2v) is 3.97. The van der Waals surface area contributed by atoms with Crippen molar-refractivity contribution in [2.75, 3.05) is 13.7 Å². The Morgan fingerprint density at radius 1 is 1.56 bits per heavy atom. The lowest BCUT2D eigenvalue weighted by Gasteiger charge is -2.22. The van der Waals surface area contributed by atoms with E-state index >= 15 is 0 Å². The quantitative estimate of drug-likeness (QED) is 0.783. The van der Waals surface area contributed by atoms with Crippen LogP contribution < -0.4 is 15.8 Å². The van der Waals surface area contributed by atoms with E-state index in [1.165, 1.54) is 0 Å². The maximum Gasteiger partial charge on any atom is 0.137 e. The van der Waals surface area contributed by atoms with E-state index in [2.05, 4.69) is 10.3 Å². The Morgan fingerprint density at radius 2 is 2.44 bits per heavy atom. The Morgan fingerprint density at radius 3 is 3.06 bits per heavy atom. The predicted molar refractivity (Wildman–Crippen MR) is 64.0 cm³/mol. The molecule has 1 aromatic heterocycles. The summed E-state index contributed by atoms with van der Waals surface area (Å²) in [6, 6.07) is 4.11. The molecule has 0 saturated carbocycles. The van der Waals surface area contributed by atoms with Crippen molar-refractivity contribution in [2.45, 2.75) is 18.9 Å². The standard InChI is InChI=1S/C12H17N3O/c1-16-12-3-2-10(15-8-12)7-11-6-9(13)4-5-14-11/h2-3,7-9,14H,4-6,13H2,1H3. The summed E-state index contributed by atoms with van der Waals surface area (Å²) in [5, 5.41) is 3.34. The van der Waals surface area contributed by atoms with Crippen LogP contribution in [-0.2, 0) is 0 Å². The summed E-state index contributed by atoms with van der Waals surface area (Å²) in [5.41, 5.74) is 7.99. The lowest BCUT2D eigenvalue weighted by Crippen LogP contribution is -2.34. The zero-order valence-corrected chi connectivity index (χ0v) is 9.44. The number of hydrogen-bond acceptors (Lipinski definition) is 4. The summed E-state index contributed by atoms with van der Waals surface area (Å²) >= 11 is 0. The van der Waals surface area contributed by atoms with E-state index in [0.29, 0.717) is 0 Å². The molecular weight excluding hydrogens is 202 g/mol. The van der Waals surface area contributed by atoms with Crippen LogP contribution in [0.3, 0.4) is 0 Å². The summed E-state index contributed by atoms with van der Waals surface area (Å²) in [6.45, 7) is 0.948. The number of nitrogens with two attached hydrogens (primary N) is 1. The molecule has 0 bridgehead atoms. The molecule has 4 nitrogen and oxygen atoms in total. The molecule has 0 aliphatic carbocycles. The lowest BCUT2D eigenvalue weighted by molar-refractivity contribution is 0.413. The van der Waals surface area contributed by atoms with E-state index in [1.807, 2.05) is 18.2 Å². The summed E-state index contributed by atoms with van der Waals surface area (Å²) < 4.78 is 5.06. The van der Waals surface area contributed by atoms with Crippen LogP contribution in [0.2, 0.25) is 0 Å². The second kappa shape index (κ2) is 4.99. The van der Waals surface area contributed by atoms with E-state index in [1.54, 1.807) is 13.3 Å². The zero-order chi connectivity index (χ0) is 11.4. The van der Waals surface area contributed by atoms with Crippen LogP contribution in [0.1, 0.15) is 18.5 Å². The molecule has 1 atom stereocenters. The largest absolute Gasteiger partial charge is 0.495 e. The van der Waals surface area contributed by atoms with Gasteiger partial charge in [-0.2, -0.15) is 0 Å². The van der Waals surface area contributed by atoms with Crippen molar-refractivity contribution in [2.24, 2.45) is 5.73 Å². The van der Waals surface area contributed by atoms with Crippen molar-refractivity contribution < 1.29 is 4.74 Å². The molecule has 3 N–H and O–H groups in total. The van der Waals surface area contributed by atoms with Gasteiger partial charge < -0.3 is 15.8 Å². The Balaban J connectivity index is 2.09. The van der Waals surface area contributed by atoms with Crippen molar-refractivity contribution in [3.05, 3.63) is 29.7 Å². The molecule has 2 heterocycles. The minimum absolute atomic E-state index is 0.269. The van der Waals surface area contributed by atoms with Crippen molar-refractivity contribution in [3.8, 4) is 5.75 Å². The average Bonchev–Trinajstić information content (AvgIpc) is 2.30. The number of ether oxygens (including phenoxy) is 1. The fraction of sp³-hybridized carbons (Fsp3) is 0.417. The van der Waals surface area contributed by atoms with Crippen LogP contribution in [0.5, 0.6) is 5.75 Å². The lowest BCUT2D eigenvalue weighted by atomic mass is 10.0. The van der Waals surface area contributed by atoms with Crippen LogP contribution in [0, 0.1) is 0 Å². The number of nitrogens with one attached hydrogen (secondary N) is 1. The van der Waals surface area contributed by atoms with Gasteiger partial charge in [0.1, 0.15) is 5.75 Å². The van der Waals surface area contributed by atoms with Crippen LogP contribution >= 0.6 is 0 Å². The topological polar surface area (TPSA) is 60.2 Å². The molecule has 86 valence electrons. The van der Waals surface area contributed by atoms with Gasteiger partial charge in [0.05, 0.1) is 19.0 Å². The van der Waals surface area contributed by atoms with Gasteiger partial charge in [0.2, 0.25) is 0 Å². The maximum absolute atomic E-state index is 5.90. The number of aromatic nitrogens is 1. The zero-order valence-electron chi connectivity index (χ0n) is 9.44. The molecule has 4 heteroatoms. The number of rotatable bonds is 2. The Hall–Kier alpha value is -1.55. The van der Waals surface area contributed by atoms with Gasteiger partial charge in [0.15, 0.2) is 0 Å². The monoisotopic (exact) mass is 219 g/mol. The molecule has 1 unspecified atom stereocenters. The highest BCUT2D eigenvalue weighted by atomic mass is 16.5. The van der Waals surface area contributed by atoms with E-state index in [4.69, 9.17) is 10.5 Å². The third kappa shape index (κ3) is 2.73. The molecule has 0 aromatic carbocycles. The third-order valence-electron chi connectivity index (χ3n) is 2.67. The number of hydrogen-bond donors (Lipinski definition) is 2. The molecular formula is C12H17N3O. The normalized spacial score (nSPS) is 22.9. The molecule has 1 aromatic rings. The van der Waals surface area contributed by atoms with Crippen molar-refractivity contribution >= 4 is 6.08 Å². The third-order valence-corrected chi connectivity index (χ3v) is 2.67. The number of nitrogens with zero attached hydrogens (tertiary/aromatic N) is 1. The van der Waals surface area contributed by atoms with Gasteiger partial charge in [-0.25, -0.2) is 0 Å². The number of piperidine rings is 1. The van der Waals surface area contributed by atoms with Gasteiger partial charge in [-0.05, 0) is 24.6 Å². The molecule has 1 saturated heterocycles. The molecule has 1 aliphatic heterocycles. The van der Waals surface area contributed by atoms with Gasteiger partial charge >= 0.3 is 0 Å². The van der Waals surface area contributed by atoms with Gasteiger partial charge in [-0.3, -0.25) is 4.98 Å². The van der Waals surface area contributed by atoms with E-state index in [9.17, 15) is 0 Å². The van der Waals surface area contributed by atoms with Crippen molar-refractivity contribution in [3.63, 3.8) is 0 Å². The number of pyridine rings is 1. The second-order valence-electron chi connectivity index (χ2n) is 3.97. The first-order chi connectivity index (χ1) is 7.78. The van der Waals surface area contributed by atoms with Crippen LogP contribution in [0.4, 0.5) is 0 Å². The summed E-state index contributed by atoms with van der Waals surface area (Å²) in [4.78, 5) is 4.29. The summed E-state index contributed by atoms with van der Waals surface area (Å²) in [5.74, 6) is 0.774. The minimum Gasteiger partial charge on any atom is -0.495 e. The SMILES string of the molecule is COc1ccc(C=C2CC(N)CCN2)nc1. The predicted octanol–water partition coefficient (Wildman–Crippen LogP) is 1.14.